The molecule has 0 radical (unpaired) electrons. The lowest BCUT2D eigenvalue weighted by atomic mass is 9.51. The summed E-state index contributed by atoms with van der Waals surface area (Å²) in [5.41, 5.74) is 1.74. The van der Waals surface area contributed by atoms with Crippen molar-refractivity contribution in [2.75, 3.05) is 19.0 Å². The van der Waals surface area contributed by atoms with Crippen LogP contribution in [0, 0.1) is 16.7 Å². The molecule has 0 bridgehead atoms. The Labute approximate surface area is 126 Å². The van der Waals surface area contributed by atoms with Gasteiger partial charge in [0.25, 0.3) is 0 Å². The van der Waals surface area contributed by atoms with Crippen molar-refractivity contribution in [2.24, 2.45) is 5.41 Å². The van der Waals surface area contributed by atoms with E-state index in [-0.39, 0.29) is 5.41 Å². The third-order valence-electron chi connectivity index (χ3n) is 5.12. The van der Waals surface area contributed by atoms with Crippen molar-refractivity contribution in [3.05, 3.63) is 23.8 Å². The molecule has 0 aromatic heterocycles. The van der Waals surface area contributed by atoms with Crippen LogP contribution in [-0.2, 0) is 4.74 Å². The lowest BCUT2D eigenvalue weighted by Crippen LogP contribution is -2.64. The maximum absolute atomic E-state index is 9.31. The zero-order valence-corrected chi connectivity index (χ0v) is 12.7. The molecule has 2 aliphatic carbocycles. The van der Waals surface area contributed by atoms with Crippen molar-refractivity contribution in [3.63, 3.8) is 0 Å². The van der Waals surface area contributed by atoms with Crippen molar-refractivity contribution in [3.8, 4) is 11.8 Å². The molecule has 0 amide bonds. The molecule has 3 rings (SSSR count). The summed E-state index contributed by atoms with van der Waals surface area (Å²) >= 11 is 0. The summed E-state index contributed by atoms with van der Waals surface area (Å²) < 4.78 is 11.3. The van der Waals surface area contributed by atoms with Gasteiger partial charge in [0.15, 0.2) is 0 Å². The second-order valence-electron chi connectivity index (χ2n) is 5.96. The van der Waals surface area contributed by atoms with Crippen LogP contribution in [0.1, 0.15) is 38.2 Å². The van der Waals surface area contributed by atoms with Crippen molar-refractivity contribution in [1.29, 1.82) is 5.26 Å². The Morgan fingerprint density at radius 2 is 2.24 bits per heavy atom. The largest absolute Gasteiger partial charge is 0.495 e. The maximum Gasteiger partial charge on any atom is 0.143 e. The van der Waals surface area contributed by atoms with Crippen molar-refractivity contribution in [1.82, 2.24) is 0 Å². The van der Waals surface area contributed by atoms with E-state index in [4.69, 9.17) is 9.47 Å². The molecule has 1 N–H and O–H groups in total. The maximum atomic E-state index is 9.31. The predicted molar refractivity (Wildman–Crippen MR) is 81.4 cm³/mol. The monoisotopic (exact) mass is 286 g/mol. The van der Waals surface area contributed by atoms with Gasteiger partial charge in [0.1, 0.15) is 11.8 Å². The zero-order valence-electron chi connectivity index (χ0n) is 12.7. The predicted octanol–water partition coefficient (Wildman–Crippen LogP) is 3.33. The molecule has 2 fully saturated rings. The Hall–Kier alpha value is -1.73. The first-order valence-corrected chi connectivity index (χ1v) is 7.70. The van der Waals surface area contributed by atoms with Gasteiger partial charge in [-0.25, -0.2) is 0 Å². The number of benzene rings is 1. The average Bonchev–Trinajstić information content (AvgIpc) is 2.44. The normalized spacial score (nSPS) is 25.6. The number of para-hydroxylation sites is 1. The Balaban J connectivity index is 1.81. The van der Waals surface area contributed by atoms with Crippen molar-refractivity contribution >= 4 is 5.69 Å². The molecule has 1 spiro atoms. The Morgan fingerprint density at radius 1 is 1.43 bits per heavy atom. The molecule has 2 aliphatic rings. The number of anilines is 1. The standard InChI is InChI=1S/C17H22N2O2/c1-3-21-15-10-14(17(15)8-5-9-17)19-16-12(11-18)6-4-7-13(16)20-2/h4,6-7,14-15,19H,3,5,8-10H2,1-2H3. The lowest BCUT2D eigenvalue weighted by Gasteiger charge is -2.61. The third-order valence-corrected chi connectivity index (χ3v) is 5.12. The fraction of sp³-hybridized carbons (Fsp3) is 0.588. The van der Waals surface area contributed by atoms with Crippen LogP contribution in [0.4, 0.5) is 5.69 Å². The number of methoxy groups -OCH3 is 1. The molecule has 2 atom stereocenters. The summed E-state index contributed by atoms with van der Waals surface area (Å²) in [5, 5.41) is 12.9. The van der Waals surface area contributed by atoms with Gasteiger partial charge in [-0.3, -0.25) is 0 Å². The molecular weight excluding hydrogens is 264 g/mol. The summed E-state index contributed by atoms with van der Waals surface area (Å²) in [6.07, 6.45) is 5.09. The molecule has 112 valence electrons. The van der Waals surface area contributed by atoms with E-state index >= 15 is 0 Å². The molecule has 2 saturated carbocycles. The summed E-state index contributed by atoms with van der Waals surface area (Å²) in [6.45, 7) is 2.83. The van der Waals surface area contributed by atoms with Gasteiger partial charge in [-0.05, 0) is 38.3 Å². The van der Waals surface area contributed by atoms with Crippen LogP contribution in [0.25, 0.3) is 0 Å². The van der Waals surface area contributed by atoms with Crippen LogP contribution < -0.4 is 10.1 Å². The molecule has 21 heavy (non-hydrogen) atoms. The number of hydrogen-bond acceptors (Lipinski definition) is 4. The van der Waals surface area contributed by atoms with Crippen LogP contribution in [-0.4, -0.2) is 25.9 Å². The van der Waals surface area contributed by atoms with Gasteiger partial charge in [0.2, 0.25) is 0 Å². The first-order valence-electron chi connectivity index (χ1n) is 7.70. The molecule has 0 aliphatic heterocycles. The van der Waals surface area contributed by atoms with E-state index in [0.29, 0.717) is 17.7 Å². The highest BCUT2D eigenvalue weighted by atomic mass is 16.5. The first kappa shape index (κ1) is 14.2. The minimum absolute atomic E-state index is 0.267. The van der Waals surface area contributed by atoms with Gasteiger partial charge in [-0.1, -0.05) is 12.5 Å². The third kappa shape index (κ3) is 2.16. The van der Waals surface area contributed by atoms with Gasteiger partial charge in [-0.15, -0.1) is 0 Å². The smallest absolute Gasteiger partial charge is 0.143 e. The van der Waals surface area contributed by atoms with Gasteiger partial charge >= 0.3 is 0 Å². The molecule has 4 nitrogen and oxygen atoms in total. The van der Waals surface area contributed by atoms with Crippen LogP contribution in [0.5, 0.6) is 5.75 Å². The number of rotatable bonds is 5. The lowest BCUT2D eigenvalue weighted by molar-refractivity contribution is -0.157. The van der Waals surface area contributed by atoms with Crippen LogP contribution >= 0.6 is 0 Å². The molecular formula is C17H22N2O2. The Kier molecular flexibility index (Phi) is 3.77. The number of nitrogens with zero attached hydrogens (tertiary/aromatic N) is 1. The summed E-state index contributed by atoms with van der Waals surface area (Å²) in [7, 11) is 1.64. The quantitative estimate of drug-likeness (QED) is 0.902. The minimum atomic E-state index is 0.267. The minimum Gasteiger partial charge on any atom is -0.495 e. The highest BCUT2D eigenvalue weighted by Crippen LogP contribution is 2.58. The highest BCUT2D eigenvalue weighted by molar-refractivity contribution is 5.67. The van der Waals surface area contributed by atoms with E-state index in [1.54, 1.807) is 7.11 Å². The average molecular weight is 286 g/mol. The van der Waals surface area contributed by atoms with E-state index in [1.165, 1.54) is 19.3 Å². The summed E-state index contributed by atoms with van der Waals surface area (Å²) in [6, 6.07) is 8.21. The van der Waals surface area contributed by atoms with E-state index in [2.05, 4.69) is 18.3 Å². The van der Waals surface area contributed by atoms with E-state index in [1.807, 2.05) is 18.2 Å². The van der Waals surface area contributed by atoms with Crippen LogP contribution in [0.3, 0.4) is 0 Å². The van der Waals surface area contributed by atoms with Gasteiger partial charge in [-0.2, -0.15) is 5.26 Å². The number of ether oxygens (including phenoxy) is 2. The summed E-state index contributed by atoms with van der Waals surface area (Å²) in [5.74, 6) is 0.739. The number of hydrogen-bond donors (Lipinski definition) is 1. The highest BCUT2D eigenvalue weighted by Gasteiger charge is 2.59. The molecule has 0 heterocycles. The van der Waals surface area contributed by atoms with Crippen molar-refractivity contribution in [2.45, 2.75) is 44.8 Å². The molecule has 2 unspecified atom stereocenters. The van der Waals surface area contributed by atoms with Crippen molar-refractivity contribution < 1.29 is 9.47 Å². The van der Waals surface area contributed by atoms with Gasteiger partial charge in [0.05, 0.1) is 24.5 Å². The SMILES string of the molecule is CCOC1CC(Nc2c(C#N)cccc2OC)C12CCC2. The van der Waals surface area contributed by atoms with E-state index in [9.17, 15) is 5.26 Å². The zero-order chi connectivity index (χ0) is 14.9. The topological polar surface area (TPSA) is 54.3 Å². The second kappa shape index (κ2) is 5.57. The molecule has 4 heteroatoms. The van der Waals surface area contributed by atoms with E-state index in [0.717, 1.165) is 24.5 Å². The van der Waals surface area contributed by atoms with Crippen LogP contribution in [0.2, 0.25) is 0 Å². The van der Waals surface area contributed by atoms with E-state index < -0.39 is 0 Å². The molecule has 1 aromatic carbocycles. The Morgan fingerprint density at radius 3 is 2.81 bits per heavy atom. The molecule has 0 saturated heterocycles. The van der Waals surface area contributed by atoms with Gasteiger partial charge in [0, 0.05) is 18.1 Å². The fourth-order valence-electron chi connectivity index (χ4n) is 3.76. The van der Waals surface area contributed by atoms with Gasteiger partial charge < -0.3 is 14.8 Å². The fourth-order valence-corrected chi connectivity index (χ4v) is 3.76. The summed E-state index contributed by atoms with van der Waals surface area (Å²) in [4.78, 5) is 0. The second-order valence-corrected chi connectivity index (χ2v) is 5.96. The number of nitriles is 1. The molecule has 1 aromatic rings. The number of nitrogens with one attached hydrogen (secondary N) is 1. The van der Waals surface area contributed by atoms with Crippen LogP contribution in [0.15, 0.2) is 18.2 Å². The Bertz CT molecular complexity index is 560. The first-order chi connectivity index (χ1) is 10.2.